The largest absolute Gasteiger partial charge is 0.369 e. The molecule has 2 N–H and O–H groups in total. The second-order valence-corrected chi connectivity index (χ2v) is 6.96. The van der Waals surface area contributed by atoms with Crippen LogP contribution < -0.4 is 15.5 Å². The van der Waals surface area contributed by atoms with Crippen LogP contribution in [-0.2, 0) is 4.79 Å². The van der Waals surface area contributed by atoms with Gasteiger partial charge < -0.3 is 15.5 Å². The first-order valence-electron chi connectivity index (χ1n) is 9.27. The lowest BCUT2D eigenvalue weighted by atomic mass is 10.2. The van der Waals surface area contributed by atoms with E-state index in [9.17, 15) is 4.79 Å². The second kappa shape index (κ2) is 10.00. The molecule has 2 aliphatic heterocycles. The number of benzene rings is 1. The average molecular weight is 367 g/mol. The normalized spacial score (nSPS) is 21.0. The maximum absolute atomic E-state index is 11.9. The van der Waals surface area contributed by atoms with E-state index in [0.29, 0.717) is 0 Å². The zero-order valence-corrected chi connectivity index (χ0v) is 16.0. The summed E-state index contributed by atoms with van der Waals surface area (Å²) in [5, 5.41) is 6.31. The minimum Gasteiger partial charge on any atom is -0.369 e. The number of hydrogen-bond donors (Lipinski definition) is 2. The summed E-state index contributed by atoms with van der Waals surface area (Å²) in [6.45, 7) is 9.36. The predicted octanol–water partition coefficient (Wildman–Crippen LogP) is 1.80. The van der Waals surface area contributed by atoms with E-state index >= 15 is 0 Å². The highest BCUT2D eigenvalue weighted by Gasteiger charge is 2.21. The van der Waals surface area contributed by atoms with Crippen LogP contribution in [0.25, 0.3) is 0 Å². The van der Waals surface area contributed by atoms with E-state index in [4.69, 9.17) is 0 Å². The number of carbonyl (C=O) groups is 1. The molecule has 1 amide bonds. The van der Waals surface area contributed by atoms with E-state index in [1.54, 1.807) is 0 Å². The number of nitrogens with zero attached hydrogens (tertiary/aromatic N) is 2. The fourth-order valence-electron chi connectivity index (χ4n) is 3.60. The van der Waals surface area contributed by atoms with Crippen LogP contribution in [0.1, 0.15) is 24.8 Å². The van der Waals surface area contributed by atoms with E-state index < -0.39 is 0 Å². The minimum atomic E-state index is 0. The Morgan fingerprint density at radius 3 is 2.76 bits per heavy atom. The summed E-state index contributed by atoms with van der Waals surface area (Å²) in [6, 6.07) is 8.80. The summed E-state index contributed by atoms with van der Waals surface area (Å²) in [5.74, 6) is 0.178. The van der Waals surface area contributed by atoms with Gasteiger partial charge in [0.05, 0.1) is 6.04 Å². The van der Waals surface area contributed by atoms with Crippen LogP contribution in [0.5, 0.6) is 0 Å². The summed E-state index contributed by atoms with van der Waals surface area (Å²) in [4.78, 5) is 16.9. The second-order valence-electron chi connectivity index (χ2n) is 6.96. The molecular weight excluding hydrogens is 336 g/mol. The molecule has 3 rings (SSSR count). The third-order valence-corrected chi connectivity index (χ3v) is 5.07. The Bertz CT molecular complexity index is 540. The lowest BCUT2D eigenvalue weighted by Crippen LogP contribution is -2.47. The number of hydrogen-bond acceptors (Lipinski definition) is 4. The number of piperazine rings is 1. The van der Waals surface area contributed by atoms with Crippen molar-refractivity contribution in [2.45, 2.75) is 32.2 Å². The van der Waals surface area contributed by atoms with Gasteiger partial charge in [0.15, 0.2) is 0 Å². The van der Waals surface area contributed by atoms with Crippen LogP contribution >= 0.6 is 12.4 Å². The fraction of sp³-hybridized carbons (Fsp3) is 0.632. The third kappa shape index (κ3) is 5.87. The number of aryl methyl sites for hydroxylation is 1. The molecule has 1 aromatic rings. The SMILES string of the molecule is Cc1cccc(N2CCN(CCCNC(=O)C3CCCN3)CC2)c1.Cl. The highest BCUT2D eigenvalue weighted by molar-refractivity contribution is 5.85. The van der Waals surface area contributed by atoms with Crippen LogP contribution in [0.4, 0.5) is 5.69 Å². The molecule has 2 aliphatic rings. The molecule has 0 radical (unpaired) electrons. The molecule has 5 nitrogen and oxygen atoms in total. The maximum Gasteiger partial charge on any atom is 0.237 e. The predicted molar refractivity (Wildman–Crippen MR) is 106 cm³/mol. The Kier molecular flexibility index (Phi) is 8.00. The molecule has 2 fully saturated rings. The zero-order chi connectivity index (χ0) is 16.8. The van der Waals surface area contributed by atoms with E-state index in [2.05, 4.69) is 51.6 Å². The van der Waals surface area contributed by atoms with Gasteiger partial charge in [0.25, 0.3) is 0 Å². The van der Waals surface area contributed by atoms with Gasteiger partial charge >= 0.3 is 0 Å². The smallest absolute Gasteiger partial charge is 0.237 e. The molecule has 25 heavy (non-hydrogen) atoms. The Hall–Kier alpha value is -1.30. The highest BCUT2D eigenvalue weighted by atomic mass is 35.5. The van der Waals surface area contributed by atoms with Gasteiger partial charge in [0, 0.05) is 38.4 Å². The third-order valence-electron chi connectivity index (χ3n) is 5.07. The monoisotopic (exact) mass is 366 g/mol. The van der Waals surface area contributed by atoms with E-state index in [-0.39, 0.29) is 24.4 Å². The van der Waals surface area contributed by atoms with E-state index in [0.717, 1.165) is 65.1 Å². The fourth-order valence-corrected chi connectivity index (χ4v) is 3.60. The van der Waals surface area contributed by atoms with Gasteiger partial charge in [-0.2, -0.15) is 0 Å². The molecular formula is C19H31ClN4O. The summed E-state index contributed by atoms with van der Waals surface area (Å²) in [5.41, 5.74) is 2.66. The molecule has 140 valence electrons. The molecule has 2 saturated heterocycles. The molecule has 6 heteroatoms. The first-order valence-corrected chi connectivity index (χ1v) is 9.27. The van der Waals surface area contributed by atoms with Crippen molar-refractivity contribution in [2.24, 2.45) is 0 Å². The first-order chi connectivity index (χ1) is 11.7. The van der Waals surface area contributed by atoms with Crippen molar-refractivity contribution in [3.05, 3.63) is 29.8 Å². The summed E-state index contributed by atoms with van der Waals surface area (Å²) in [7, 11) is 0. The van der Waals surface area contributed by atoms with Crippen LogP contribution in [0, 0.1) is 6.92 Å². The van der Waals surface area contributed by atoms with Crippen molar-refractivity contribution >= 4 is 24.0 Å². The Morgan fingerprint density at radius 2 is 2.08 bits per heavy atom. The van der Waals surface area contributed by atoms with Gasteiger partial charge in [0.2, 0.25) is 5.91 Å². The quantitative estimate of drug-likeness (QED) is 0.754. The van der Waals surface area contributed by atoms with Crippen molar-refractivity contribution < 1.29 is 4.79 Å². The molecule has 0 spiro atoms. The molecule has 0 saturated carbocycles. The van der Waals surface area contributed by atoms with Crippen molar-refractivity contribution in [1.29, 1.82) is 0 Å². The molecule has 1 atom stereocenters. The van der Waals surface area contributed by atoms with Gasteiger partial charge in [-0.15, -0.1) is 12.4 Å². The molecule has 0 aliphatic carbocycles. The topological polar surface area (TPSA) is 47.6 Å². The minimum absolute atomic E-state index is 0. The number of halogens is 1. The van der Waals surface area contributed by atoms with Gasteiger partial charge in [-0.25, -0.2) is 0 Å². The van der Waals surface area contributed by atoms with Crippen LogP contribution in [-0.4, -0.2) is 62.7 Å². The number of rotatable bonds is 6. The van der Waals surface area contributed by atoms with Crippen LogP contribution in [0.3, 0.4) is 0 Å². The summed E-state index contributed by atoms with van der Waals surface area (Å²) >= 11 is 0. The van der Waals surface area contributed by atoms with E-state index in [1.807, 2.05) is 0 Å². The van der Waals surface area contributed by atoms with Crippen LogP contribution in [0.2, 0.25) is 0 Å². The van der Waals surface area contributed by atoms with E-state index in [1.165, 1.54) is 11.3 Å². The zero-order valence-electron chi connectivity index (χ0n) is 15.2. The number of amides is 1. The first kappa shape index (κ1) is 20.0. The Balaban J connectivity index is 0.00000225. The lowest BCUT2D eigenvalue weighted by molar-refractivity contribution is -0.122. The average Bonchev–Trinajstić information content (AvgIpc) is 3.14. The van der Waals surface area contributed by atoms with Gasteiger partial charge in [-0.05, 0) is 57.0 Å². The standard InChI is InChI=1S/C19H30N4O.ClH/c1-16-5-2-6-17(15-16)23-13-11-22(12-14-23)10-4-9-21-19(24)18-7-3-8-20-18;/h2,5-6,15,18,20H,3-4,7-14H2,1H3,(H,21,24);1H. The highest BCUT2D eigenvalue weighted by Crippen LogP contribution is 2.17. The Morgan fingerprint density at radius 1 is 1.28 bits per heavy atom. The van der Waals surface area contributed by atoms with Gasteiger partial charge in [0.1, 0.15) is 0 Å². The molecule has 1 unspecified atom stereocenters. The molecule has 2 heterocycles. The van der Waals surface area contributed by atoms with Crippen molar-refractivity contribution in [1.82, 2.24) is 15.5 Å². The number of anilines is 1. The molecule has 0 bridgehead atoms. The number of carbonyl (C=O) groups excluding carboxylic acids is 1. The van der Waals surface area contributed by atoms with Crippen LogP contribution in [0.15, 0.2) is 24.3 Å². The van der Waals surface area contributed by atoms with Gasteiger partial charge in [-0.1, -0.05) is 12.1 Å². The van der Waals surface area contributed by atoms with Crippen molar-refractivity contribution in [3.8, 4) is 0 Å². The Labute approximate surface area is 157 Å². The molecule has 0 aromatic heterocycles. The van der Waals surface area contributed by atoms with Crippen molar-refractivity contribution in [3.63, 3.8) is 0 Å². The summed E-state index contributed by atoms with van der Waals surface area (Å²) < 4.78 is 0. The number of nitrogens with one attached hydrogen (secondary N) is 2. The summed E-state index contributed by atoms with van der Waals surface area (Å²) in [6.07, 6.45) is 3.12. The maximum atomic E-state index is 11.9. The van der Waals surface area contributed by atoms with Crippen molar-refractivity contribution in [2.75, 3.05) is 50.7 Å². The molecule has 1 aromatic carbocycles. The lowest BCUT2D eigenvalue weighted by Gasteiger charge is -2.36. The van der Waals surface area contributed by atoms with Gasteiger partial charge in [-0.3, -0.25) is 9.69 Å².